The molecule has 0 saturated heterocycles. The Hall–Kier alpha value is -2.90. The lowest BCUT2D eigenvalue weighted by molar-refractivity contribution is 0.188. The van der Waals surface area contributed by atoms with Crippen LogP contribution in [0.15, 0.2) is 42.7 Å². The molecule has 7 nitrogen and oxygen atoms in total. The summed E-state index contributed by atoms with van der Waals surface area (Å²) in [6.45, 7) is 5.45. The molecule has 2 amide bonds. The maximum atomic E-state index is 12.9. The molecule has 1 atom stereocenters. The Bertz CT molecular complexity index is 1160. The summed E-state index contributed by atoms with van der Waals surface area (Å²) in [5.74, 6) is 1.29. The van der Waals surface area contributed by atoms with E-state index >= 15 is 0 Å². The maximum Gasteiger partial charge on any atom is 0.318 e. The van der Waals surface area contributed by atoms with Gasteiger partial charge in [0.05, 0.1) is 34.9 Å². The van der Waals surface area contributed by atoms with Gasteiger partial charge in [0.15, 0.2) is 0 Å². The molecule has 172 valence electrons. The van der Waals surface area contributed by atoms with E-state index in [2.05, 4.69) is 15.3 Å². The minimum atomic E-state index is -0.208. The van der Waals surface area contributed by atoms with Crippen LogP contribution in [0.25, 0.3) is 0 Å². The normalized spacial score (nSPS) is 13.9. The minimum absolute atomic E-state index is 0.144. The third-order valence-corrected chi connectivity index (χ3v) is 6.26. The molecule has 0 saturated carbocycles. The van der Waals surface area contributed by atoms with Gasteiger partial charge in [-0.2, -0.15) is 0 Å². The quantitative estimate of drug-likeness (QED) is 0.531. The number of hydrogen-bond donors (Lipinski definition) is 1. The van der Waals surface area contributed by atoms with Crippen molar-refractivity contribution in [3.05, 3.63) is 81.0 Å². The number of urea groups is 1. The van der Waals surface area contributed by atoms with Crippen LogP contribution >= 0.6 is 23.2 Å². The van der Waals surface area contributed by atoms with Crippen LogP contribution in [0.2, 0.25) is 10.0 Å². The van der Waals surface area contributed by atoms with Crippen molar-refractivity contribution in [3.63, 3.8) is 0 Å². The van der Waals surface area contributed by atoms with Crippen molar-refractivity contribution in [2.24, 2.45) is 0 Å². The van der Waals surface area contributed by atoms with Gasteiger partial charge in [0.2, 0.25) is 5.88 Å². The molecular formula is C24H25Cl2N5O2. The summed E-state index contributed by atoms with van der Waals surface area (Å²) < 4.78 is 5.47. The van der Waals surface area contributed by atoms with Gasteiger partial charge < -0.3 is 15.0 Å². The molecule has 2 aromatic heterocycles. The fourth-order valence-electron chi connectivity index (χ4n) is 3.71. The van der Waals surface area contributed by atoms with Gasteiger partial charge in [-0.25, -0.2) is 19.7 Å². The number of carbonyl (C=O) groups excluding carboxylic acids is 1. The number of nitrogens with zero attached hydrogens (tertiary/aromatic N) is 4. The van der Waals surface area contributed by atoms with E-state index in [1.165, 1.54) is 0 Å². The number of benzene rings is 1. The summed E-state index contributed by atoms with van der Waals surface area (Å²) in [7, 11) is 0. The molecule has 4 rings (SSSR count). The van der Waals surface area contributed by atoms with Crippen LogP contribution in [0.4, 0.5) is 4.79 Å². The average Bonchev–Trinajstić information content (AvgIpc) is 2.80. The Morgan fingerprint density at radius 2 is 2.06 bits per heavy atom. The van der Waals surface area contributed by atoms with Crippen LogP contribution in [0, 0.1) is 0 Å². The van der Waals surface area contributed by atoms with Gasteiger partial charge >= 0.3 is 6.03 Å². The van der Waals surface area contributed by atoms with Crippen molar-refractivity contribution in [2.45, 2.75) is 39.3 Å². The molecular weight excluding hydrogens is 461 g/mol. The highest BCUT2D eigenvalue weighted by Crippen LogP contribution is 2.26. The molecule has 0 radical (unpaired) electrons. The Morgan fingerprint density at radius 3 is 2.85 bits per heavy atom. The highest BCUT2D eigenvalue weighted by atomic mass is 35.5. The van der Waals surface area contributed by atoms with Gasteiger partial charge in [-0.3, -0.25) is 0 Å². The van der Waals surface area contributed by atoms with Gasteiger partial charge in [0, 0.05) is 31.4 Å². The summed E-state index contributed by atoms with van der Waals surface area (Å²) in [6, 6.07) is 8.84. The number of carbonyl (C=O) groups is 1. The minimum Gasteiger partial charge on any atom is -0.478 e. The zero-order valence-corrected chi connectivity index (χ0v) is 20.0. The second kappa shape index (κ2) is 10.4. The predicted octanol–water partition coefficient (Wildman–Crippen LogP) is 5.00. The molecule has 1 aliphatic heterocycles. The van der Waals surface area contributed by atoms with Gasteiger partial charge in [-0.1, -0.05) is 29.3 Å². The third-order valence-electron chi connectivity index (χ3n) is 5.52. The lowest BCUT2D eigenvalue weighted by atomic mass is 10.1. The van der Waals surface area contributed by atoms with Crippen molar-refractivity contribution >= 4 is 29.2 Å². The van der Waals surface area contributed by atoms with Crippen molar-refractivity contribution in [1.82, 2.24) is 25.2 Å². The van der Waals surface area contributed by atoms with Crippen LogP contribution in [0.5, 0.6) is 5.88 Å². The highest BCUT2D eigenvalue weighted by Gasteiger charge is 2.24. The Kier molecular flexibility index (Phi) is 7.30. The first-order valence-corrected chi connectivity index (χ1v) is 11.6. The van der Waals surface area contributed by atoms with Crippen LogP contribution in [-0.4, -0.2) is 39.0 Å². The van der Waals surface area contributed by atoms with Crippen molar-refractivity contribution < 1.29 is 9.53 Å². The van der Waals surface area contributed by atoms with Crippen LogP contribution in [0.1, 0.15) is 48.1 Å². The highest BCUT2D eigenvalue weighted by molar-refractivity contribution is 6.42. The van der Waals surface area contributed by atoms with E-state index in [1.54, 1.807) is 23.2 Å². The number of rotatable bonds is 6. The van der Waals surface area contributed by atoms with Crippen molar-refractivity contribution in [1.29, 1.82) is 0 Å². The molecule has 0 aliphatic carbocycles. The van der Waals surface area contributed by atoms with Crippen LogP contribution in [-0.2, 0) is 19.4 Å². The molecule has 3 heterocycles. The molecule has 1 aliphatic rings. The topological polar surface area (TPSA) is 80.2 Å². The zero-order valence-electron chi connectivity index (χ0n) is 18.5. The first-order chi connectivity index (χ1) is 15.9. The fourth-order valence-corrected chi connectivity index (χ4v) is 4.02. The lowest BCUT2D eigenvalue weighted by Gasteiger charge is -2.29. The van der Waals surface area contributed by atoms with E-state index in [0.29, 0.717) is 54.3 Å². The summed E-state index contributed by atoms with van der Waals surface area (Å²) in [5, 5.41) is 3.99. The first kappa shape index (κ1) is 23.3. The molecule has 1 N–H and O–H groups in total. The average molecular weight is 486 g/mol. The van der Waals surface area contributed by atoms with E-state index in [4.69, 9.17) is 32.9 Å². The van der Waals surface area contributed by atoms with Crippen LogP contribution < -0.4 is 10.1 Å². The number of ether oxygens (including phenoxy) is 1. The molecule has 33 heavy (non-hydrogen) atoms. The first-order valence-electron chi connectivity index (χ1n) is 10.8. The number of amides is 2. The number of aromatic nitrogens is 3. The Balaban J connectivity index is 1.42. The third kappa shape index (κ3) is 5.72. The van der Waals surface area contributed by atoms with Gasteiger partial charge in [0.1, 0.15) is 5.82 Å². The molecule has 0 unspecified atom stereocenters. The largest absolute Gasteiger partial charge is 0.478 e. The molecule has 0 fully saturated rings. The van der Waals surface area contributed by atoms with E-state index in [0.717, 1.165) is 22.4 Å². The van der Waals surface area contributed by atoms with E-state index in [-0.39, 0.29) is 12.1 Å². The fraction of sp³-hybridized carbons (Fsp3) is 0.333. The summed E-state index contributed by atoms with van der Waals surface area (Å²) in [5.41, 5.74) is 3.87. The lowest BCUT2D eigenvalue weighted by Crippen LogP contribution is -2.44. The SMILES string of the molecule is CCOc1cc(Cc2ncc3c(n2)CN(C(=O)N[C@H](C)c2ccc(Cl)c(Cl)c2)CC3)ccn1. The van der Waals surface area contributed by atoms with Gasteiger partial charge in [-0.05, 0) is 55.2 Å². The maximum absolute atomic E-state index is 12.9. The second-order valence-corrected chi connectivity index (χ2v) is 8.70. The number of nitrogens with one attached hydrogen (secondary N) is 1. The summed E-state index contributed by atoms with van der Waals surface area (Å²) in [6.07, 6.45) is 4.88. The van der Waals surface area contributed by atoms with Crippen LogP contribution in [0.3, 0.4) is 0 Å². The Morgan fingerprint density at radius 1 is 1.21 bits per heavy atom. The second-order valence-electron chi connectivity index (χ2n) is 7.89. The van der Waals surface area contributed by atoms with Crippen molar-refractivity contribution in [3.8, 4) is 5.88 Å². The smallest absolute Gasteiger partial charge is 0.318 e. The number of halogens is 2. The molecule has 9 heteroatoms. The van der Waals surface area contributed by atoms with Gasteiger partial charge in [-0.15, -0.1) is 0 Å². The zero-order chi connectivity index (χ0) is 23.4. The number of pyridine rings is 1. The standard InChI is InChI=1S/C24H25Cl2N5O2/c1-3-33-23-11-16(6-8-27-23)10-22-28-13-18-7-9-31(14-21(18)30-22)24(32)29-15(2)17-4-5-19(25)20(26)12-17/h4-6,8,11-13,15H,3,7,9-10,14H2,1-2H3,(H,29,32)/t15-/m1/s1. The van der Waals surface area contributed by atoms with E-state index in [1.807, 2.05) is 38.2 Å². The molecule has 3 aromatic rings. The molecule has 0 spiro atoms. The summed E-state index contributed by atoms with van der Waals surface area (Å²) >= 11 is 12.1. The summed E-state index contributed by atoms with van der Waals surface area (Å²) in [4.78, 5) is 28.1. The predicted molar refractivity (Wildman–Crippen MR) is 128 cm³/mol. The van der Waals surface area contributed by atoms with E-state index in [9.17, 15) is 4.79 Å². The number of fused-ring (bicyclic) bond motifs is 1. The monoisotopic (exact) mass is 485 g/mol. The van der Waals surface area contributed by atoms with E-state index < -0.39 is 0 Å². The number of hydrogen-bond acceptors (Lipinski definition) is 5. The Labute approximate surface area is 203 Å². The van der Waals surface area contributed by atoms with Crippen molar-refractivity contribution in [2.75, 3.05) is 13.2 Å². The molecule has 0 bridgehead atoms. The van der Waals surface area contributed by atoms with Gasteiger partial charge in [0.25, 0.3) is 0 Å². The molecule has 1 aromatic carbocycles.